The fraction of sp³-hybridized carbons (Fsp3) is 0.929. The van der Waals surface area contributed by atoms with E-state index in [1.807, 2.05) is 6.92 Å². The molecule has 19 heavy (non-hydrogen) atoms. The van der Waals surface area contributed by atoms with Crippen LogP contribution in [0.5, 0.6) is 0 Å². The maximum absolute atomic E-state index is 11.9. The van der Waals surface area contributed by atoms with Gasteiger partial charge in [-0.2, -0.15) is 0 Å². The summed E-state index contributed by atoms with van der Waals surface area (Å²) in [4.78, 5) is 11.9. The van der Waals surface area contributed by atoms with Crippen LogP contribution in [0.25, 0.3) is 0 Å². The Morgan fingerprint density at radius 1 is 1.37 bits per heavy atom. The summed E-state index contributed by atoms with van der Waals surface area (Å²) in [6.45, 7) is 6.23. The van der Waals surface area contributed by atoms with Gasteiger partial charge < -0.3 is 20.1 Å². The van der Waals surface area contributed by atoms with E-state index in [0.29, 0.717) is 19.3 Å². The second kappa shape index (κ2) is 7.82. The van der Waals surface area contributed by atoms with Crippen LogP contribution in [0.4, 0.5) is 0 Å². The summed E-state index contributed by atoms with van der Waals surface area (Å²) in [7, 11) is 0. The lowest BCUT2D eigenvalue weighted by molar-refractivity contribution is -0.126. The van der Waals surface area contributed by atoms with Gasteiger partial charge in [0.05, 0.1) is 18.1 Å². The molecule has 5 nitrogen and oxygen atoms in total. The Kier molecular flexibility index (Phi) is 6.07. The Bertz CT molecular complexity index is 280. The van der Waals surface area contributed by atoms with Gasteiger partial charge in [-0.3, -0.25) is 4.79 Å². The summed E-state index contributed by atoms with van der Waals surface area (Å²) in [6, 6.07) is 0. The van der Waals surface area contributed by atoms with Gasteiger partial charge in [-0.05, 0) is 45.7 Å². The third-order valence-corrected chi connectivity index (χ3v) is 3.97. The molecule has 2 rings (SSSR count). The van der Waals surface area contributed by atoms with Crippen molar-refractivity contribution in [3.8, 4) is 0 Å². The van der Waals surface area contributed by atoms with Crippen LogP contribution in [0.15, 0.2) is 0 Å². The lowest BCUT2D eigenvalue weighted by Gasteiger charge is -2.23. The zero-order valence-corrected chi connectivity index (χ0v) is 11.8. The van der Waals surface area contributed by atoms with E-state index in [9.17, 15) is 4.79 Å². The van der Waals surface area contributed by atoms with E-state index in [1.54, 1.807) is 0 Å². The molecule has 2 aliphatic rings. The summed E-state index contributed by atoms with van der Waals surface area (Å²) in [5.41, 5.74) is 0. The van der Waals surface area contributed by atoms with E-state index in [4.69, 9.17) is 9.47 Å². The van der Waals surface area contributed by atoms with E-state index in [-0.39, 0.29) is 17.9 Å². The Morgan fingerprint density at radius 3 is 2.84 bits per heavy atom. The minimum Gasteiger partial charge on any atom is -0.378 e. The van der Waals surface area contributed by atoms with E-state index in [1.165, 1.54) is 0 Å². The van der Waals surface area contributed by atoms with E-state index in [2.05, 4.69) is 10.6 Å². The SMILES string of the molecule is CC1OCCC1C(=O)NCCCOC1CCNCC1. The van der Waals surface area contributed by atoms with Crippen molar-refractivity contribution in [3.05, 3.63) is 0 Å². The summed E-state index contributed by atoms with van der Waals surface area (Å²) >= 11 is 0. The first-order valence-corrected chi connectivity index (χ1v) is 7.49. The average molecular weight is 270 g/mol. The normalized spacial score (nSPS) is 28.5. The molecule has 0 spiro atoms. The third kappa shape index (κ3) is 4.75. The summed E-state index contributed by atoms with van der Waals surface area (Å²) in [6.07, 6.45) is 4.40. The molecule has 0 aliphatic carbocycles. The highest BCUT2D eigenvalue weighted by Crippen LogP contribution is 2.20. The van der Waals surface area contributed by atoms with Crippen molar-refractivity contribution in [2.75, 3.05) is 32.8 Å². The van der Waals surface area contributed by atoms with Gasteiger partial charge in [-0.1, -0.05) is 0 Å². The van der Waals surface area contributed by atoms with Gasteiger partial charge in [0.1, 0.15) is 0 Å². The Hall–Kier alpha value is -0.650. The predicted octanol–water partition coefficient (Wildman–Crippen LogP) is 0.686. The molecule has 2 heterocycles. The fourth-order valence-electron chi connectivity index (χ4n) is 2.70. The smallest absolute Gasteiger partial charge is 0.225 e. The topological polar surface area (TPSA) is 59.6 Å². The molecule has 2 unspecified atom stereocenters. The lowest BCUT2D eigenvalue weighted by Crippen LogP contribution is -2.35. The Morgan fingerprint density at radius 2 is 2.16 bits per heavy atom. The van der Waals surface area contributed by atoms with Crippen LogP contribution >= 0.6 is 0 Å². The van der Waals surface area contributed by atoms with Crippen LogP contribution in [-0.2, 0) is 14.3 Å². The molecule has 2 fully saturated rings. The monoisotopic (exact) mass is 270 g/mol. The highest BCUT2D eigenvalue weighted by molar-refractivity contribution is 5.79. The van der Waals surface area contributed by atoms with Crippen LogP contribution in [0, 0.1) is 5.92 Å². The van der Waals surface area contributed by atoms with Crippen molar-refractivity contribution in [1.82, 2.24) is 10.6 Å². The number of hydrogen-bond acceptors (Lipinski definition) is 4. The molecule has 0 saturated carbocycles. The van der Waals surface area contributed by atoms with Crippen LogP contribution in [-0.4, -0.2) is 51.0 Å². The fourth-order valence-corrected chi connectivity index (χ4v) is 2.70. The van der Waals surface area contributed by atoms with Gasteiger partial charge in [-0.15, -0.1) is 0 Å². The molecule has 2 N–H and O–H groups in total. The Labute approximate surface area is 115 Å². The molecule has 0 radical (unpaired) electrons. The van der Waals surface area contributed by atoms with Crippen LogP contribution in [0.3, 0.4) is 0 Å². The number of carbonyl (C=O) groups excluding carboxylic acids is 1. The first-order valence-electron chi connectivity index (χ1n) is 7.49. The minimum atomic E-state index is 0.0327. The number of amides is 1. The molecule has 2 saturated heterocycles. The quantitative estimate of drug-likeness (QED) is 0.697. The third-order valence-electron chi connectivity index (χ3n) is 3.97. The molecule has 0 aromatic carbocycles. The molecule has 2 atom stereocenters. The van der Waals surface area contributed by atoms with Crippen molar-refractivity contribution in [2.45, 2.75) is 44.8 Å². The van der Waals surface area contributed by atoms with Gasteiger partial charge in [0, 0.05) is 19.8 Å². The number of ether oxygens (including phenoxy) is 2. The summed E-state index contributed by atoms with van der Waals surface area (Å²) < 4.78 is 11.2. The number of rotatable bonds is 6. The molecule has 5 heteroatoms. The lowest BCUT2D eigenvalue weighted by atomic mass is 10.0. The molecule has 2 aliphatic heterocycles. The second-order valence-corrected chi connectivity index (χ2v) is 5.44. The van der Waals surface area contributed by atoms with Gasteiger partial charge in [0.15, 0.2) is 0 Å². The van der Waals surface area contributed by atoms with Crippen molar-refractivity contribution in [3.63, 3.8) is 0 Å². The average Bonchev–Trinajstić information content (AvgIpc) is 2.86. The van der Waals surface area contributed by atoms with Crippen LogP contribution < -0.4 is 10.6 Å². The molecular formula is C14H26N2O3. The highest BCUT2D eigenvalue weighted by Gasteiger charge is 2.30. The predicted molar refractivity (Wildman–Crippen MR) is 73.0 cm³/mol. The minimum absolute atomic E-state index is 0.0327. The van der Waals surface area contributed by atoms with E-state index in [0.717, 1.165) is 45.4 Å². The highest BCUT2D eigenvalue weighted by atomic mass is 16.5. The summed E-state index contributed by atoms with van der Waals surface area (Å²) in [5.74, 6) is 0.164. The van der Waals surface area contributed by atoms with Gasteiger partial charge >= 0.3 is 0 Å². The number of hydrogen-bond donors (Lipinski definition) is 2. The molecule has 110 valence electrons. The molecular weight excluding hydrogens is 244 g/mol. The van der Waals surface area contributed by atoms with Crippen LogP contribution in [0.1, 0.15) is 32.6 Å². The summed E-state index contributed by atoms with van der Waals surface area (Å²) in [5, 5.41) is 6.30. The van der Waals surface area contributed by atoms with Gasteiger partial charge in [0.25, 0.3) is 0 Å². The second-order valence-electron chi connectivity index (χ2n) is 5.44. The van der Waals surface area contributed by atoms with Crippen molar-refractivity contribution >= 4 is 5.91 Å². The van der Waals surface area contributed by atoms with Crippen molar-refractivity contribution in [1.29, 1.82) is 0 Å². The number of carbonyl (C=O) groups is 1. The first kappa shape index (κ1) is 14.8. The maximum Gasteiger partial charge on any atom is 0.225 e. The van der Waals surface area contributed by atoms with Crippen molar-refractivity contribution < 1.29 is 14.3 Å². The van der Waals surface area contributed by atoms with Gasteiger partial charge in [-0.25, -0.2) is 0 Å². The zero-order valence-electron chi connectivity index (χ0n) is 11.8. The number of nitrogens with one attached hydrogen (secondary N) is 2. The maximum atomic E-state index is 11.9. The molecule has 0 aromatic heterocycles. The van der Waals surface area contributed by atoms with E-state index < -0.39 is 0 Å². The van der Waals surface area contributed by atoms with Crippen molar-refractivity contribution in [2.24, 2.45) is 5.92 Å². The first-order chi connectivity index (χ1) is 9.27. The number of piperidine rings is 1. The zero-order chi connectivity index (χ0) is 13.5. The Balaban J connectivity index is 1.50. The van der Waals surface area contributed by atoms with E-state index >= 15 is 0 Å². The van der Waals surface area contributed by atoms with Gasteiger partial charge in [0.2, 0.25) is 5.91 Å². The molecule has 1 amide bonds. The molecule has 0 bridgehead atoms. The standard InChI is InChI=1S/C14H26N2O3/c1-11-13(5-10-18-11)14(17)16-6-2-9-19-12-3-7-15-8-4-12/h11-13,15H,2-10H2,1H3,(H,16,17). The van der Waals surface area contributed by atoms with Crippen LogP contribution in [0.2, 0.25) is 0 Å². The molecule has 0 aromatic rings. The largest absolute Gasteiger partial charge is 0.378 e.